The molecule has 5 nitrogen and oxygen atoms in total. The van der Waals surface area contributed by atoms with E-state index in [4.69, 9.17) is 17.3 Å². The number of halogens is 1. The number of benzene rings is 1. The molecule has 8 heteroatoms. The molecule has 0 unspecified atom stereocenters. The van der Waals surface area contributed by atoms with Crippen LogP contribution in [-0.4, -0.2) is 23.3 Å². The first kappa shape index (κ1) is 17.1. The lowest BCUT2D eigenvalue weighted by molar-refractivity contribution is -0.119. The molecule has 0 radical (unpaired) electrons. The summed E-state index contributed by atoms with van der Waals surface area (Å²) in [6, 6.07) is 11.9. The van der Waals surface area contributed by atoms with Gasteiger partial charge in [0.2, 0.25) is 5.91 Å². The molecule has 1 aliphatic rings. The molecular weight excluding hydrogens is 388 g/mol. The highest BCUT2D eigenvalue weighted by Gasteiger charge is 2.24. The molecule has 1 amide bonds. The maximum atomic E-state index is 11.3. The Morgan fingerprint density at radius 2 is 2.23 bits per heavy atom. The van der Waals surface area contributed by atoms with Gasteiger partial charge >= 0.3 is 0 Å². The van der Waals surface area contributed by atoms with Gasteiger partial charge in [0.05, 0.1) is 12.2 Å². The van der Waals surface area contributed by atoms with Gasteiger partial charge in [0.1, 0.15) is 6.54 Å². The van der Waals surface area contributed by atoms with E-state index in [1.54, 1.807) is 27.7 Å². The van der Waals surface area contributed by atoms with E-state index in [-0.39, 0.29) is 6.54 Å². The average molecular weight is 403 g/mol. The number of nitrogens with one attached hydrogen (secondary N) is 1. The Morgan fingerprint density at radius 1 is 1.35 bits per heavy atom. The molecule has 0 saturated carbocycles. The number of thiophene rings is 2. The molecule has 0 atom stereocenters. The maximum Gasteiger partial charge on any atom is 0.238 e. The minimum absolute atomic E-state index is 0.0820. The summed E-state index contributed by atoms with van der Waals surface area (Å²) >= 11 is 9.42. The van der Waals surface area contributed by atoms with Crippen LogP contribution in [0.3, 0.4) is 0 Å². The highest BCUT2D eigenvalue weighted by atomic mass is 35.5. The summed E-state index contributed by atoms with van der Waals surface area (Å²) in [6.07, 6.45) is 0. The van der Waals surface area contributed by atoms with Gasteiger partial charge < -0.3 is 11.1 Å². The van der Waals surface area contributed by atoms with E-state index >= 15 is 0 Å². The smallest absolute Gasteiger partial charge is 0.238 e. The molecule has 0 aliphatic carbocycles. The van der Waals surface area contributed by atoms with Crippen LogP contribution in [0.4, 0.5) is 5.69 Å². The van der Waals surface area contributed by atoms with Crippen LogP contribution in [-0.2, 0) is 11.3 Å². The molecule has 3 N–H and O–H groups in total. The number of amidine groups is 1. The SMILES string of the molecule is NC(=O)CN1Cc2sc(-c3cccc(Cl)c3)cc2C(Nc2ccsc2)=N1. The van der Waals surface area contributed by atoms with Crippen LogP contribution in [0.5, 0.6) is 0 Å². The van der Waals surface area contributed by atoms with Gasteiger partial charge in [0, 0.05) is 25.7 Å². The first-order valence-electron chi connectivity index (χ1n) is 7.88. The molecule has 1 aromatic carbocycles. The molecule has 0 spiro atoms. The molecule has 4 rings (SSSR count). The van der Waals surface area contributed by atoms with Crippen molar-refractivity contribution in [1.29, 1.82) is 0 Å². The second kappa shape index (κ2) is 7.11. The van der Waals surface area contributed by atoms with E-state index in [0.717, 1.165) is 32.4 Å². The average Bonchev–Trinajstić information content (AvgIpc) is 3.23. The minimum atomic E-state index is -0.404. The second-order valence-corrected chi connectivity index (χ2v) is 8.19. The van der Waals surface area contributed by atoms with Gasteiger partial charge in [-0.15, -0.1) is 11.3 Å². The molecular formula is C18H15ClN4OS2. The van der Waals surface area contributed by atoms with Crippen molar-refractivity contribution in [2.24, 2.45) is 10.8 Å². The number of fused-ring (bicyclic) bond motifs is 1. The third kappa shape index (κ3) is 3.60. The van der Waals surface area contributed by atoms with Crippen molar-refractivity contribution < 1.29 is 4.79 Å². The quantitative estimate of drug-likeness (QED) is 0.686. The van der Waals surface area contributed by atoms with Crippen LogP contribution in [0.25, 0.3) is 10.4 Å². The summed E-state index contributed by atoms with van der Waals surface area (Å²) in [7, 11) is 0. The highest BCUT2D eigenvalue weighted by Crippen LogP contribution is 2.36. The van der Waals surface area contributed by atoms with Crippen LogP contribution in [0.15, 0.2) is 52.3 Å². The van der Waals surface area contributed by atoms with E-state index < -0.39 is 5.91 Å². The number of carbonyl (C=O) groups excluding carboxylic acids is 1. The fraction of sp³-hybridized carbons (Fsp3) is 0.111. The Hall–Kier alpha value is -2.35. The predicted molar refractivity (Wildman–Crippen MR) is 109 cm³/mol. The standard InChI is InChI=1S/C18H15ClN4OS2/c19-12-3-1-2-11(6-12)15-7-14-16(26-15)8-23(9-17(20)24)22-18(14)21-13-4-5-25-10-13/h1-7,10H,8-9H2,(H2,20,24)(H,21,22). The molecule has 2 aromatic heterocycles. The van der Waals surface area contributed by atoms with E-state index in [9.17, 15) is 4.79 Å². The maximum absolute atomic E-state index is 11.3. The number of primary amides is 1. The third-order valence-corrected chi connectivity index (χ3v) is 5.95. The monoisotopic (exact) mass is 402 g/mol. The molecule has 0 bridgehead atoms. The van der Waals surface area contributed by atoms with Gasteiger partial charge in [-0.25, -0.2) is 0 Å². The number of nitrogens with two attached hydrogens (primary N) is 1. The number of rotatable bonds is 4. The third-order valence-electron chi connectivity index (χ3n) is 3.86. The molecule has 3 aromatic rings. The number of hydrogen-bond donors (Lipinski definition) is 2. The summed E-state index contributed by atoms with van der Waals surface area (Å²) < 4.78 is 0. The van der Waals surface area contributed by atoms with Crippen molar-refractivity contribution in [3.05, 3.63) is 62.6 Å². The lowest BCUT2D eigenvalue weighted by Gasteiger charge is -2.24. The number of carbonyl (C=O) groups is 1. The van der Waals surface area contributed by atoms with Gasteiger partial charge in [-0.2, -0.15) is 16.4 Å². The van der Waals surface area contributed by atoms with E-state index in [1.165, 1.54) is 0 Å². The number of hydrazone groups is 1. The zero-order valence-electron chi connectivity index (χ0n) is 13.6. The first-order valence-corrected chi connectivity index (χ1v) is 10.0. The Labute approximate surface area is 163 Å². The lowest BCUT2D eigenvalue weighted by Crippen LogP contribution is -2.34. The largest absolute Gasteiger partial charge is 0.368 e. The molecule has 0 fully saturated rings. The summed E-state index contributed by atoms with van der Waals surface area (Å²) in [6.45, 7) is 0.636. The van der Waals surface area contributed by atoms with Crippen molar-refractivity contribution in [3.8, 4) is 10.4 Å². The van der Waals surface area contributed by atoms with Gasteiger partial charge in [0.25, 0.3) is 0 Å². The Kier molecular flexibility index (Phi) is 4.67. The van der Waals surface area contributed by atoms with Crippen LogP contribution in [0, 0.1) is 0 Å². The number of amides is 1. The summed E-state index contributed by atoms with van der Waals surface area (Å²) in [4.78, 5) is 13.6. The van der Waals surface area contributed by atoms with Gasteiger partial charge in [-0.3, -0.25) is 9.80 Å². The van der Waals surface area contributed by atoms with Crippen molar-refractivity contribution in [1.82, 2.24) is 5.01 Å². The number of nitrogens with zero attached hydrogens (tertiary/aromatic N) is 2. The van der Waals surface area contributed by atoms with Gasteiger partial charge in [-0.05, 0) is 35.2 Å². The fourth-order valence-corrected chi connectivity index (χ4v) is 4.71. The lowest BCUT2D eigenvalue weighted by atomic mass is 10.1. The van der Waals surface area contributed by atoms with Gasteiger partial charge in [0.15, 0.2) is 5.84 Å². The van der Waals surface area contributed by atoms with Crippen molar-refractivity contribution >= 4 is 51.7 Å². The summed E-state index contributed by atoms with van der Waals surface area (Å²) in [5.74, 6) is 0.314. The Morgan fingerprint density at radius 3 is 2.96 bits per heavy atom. The Balaban J connectivity index is 1.72. The molecule has 132 valence electrons. The number of hydrogen-bond acceptors (Lipinski definition) is 6. The molecule has 26 heavy (non-hydrogen) atoms. The zero-order chi connectivity index (χ0) is 18.1. The highest BCUT2D eigenvalue weighted by molar-refractivity contribution is 7.16. The van der Waals surface area contributed by atoms with E-state index in [1.807, 2.05) is 41.1 Å². The van der Waals surface area contributed by atoms with Crippen molar-refractivity contribution in [2.45, 2.75) is 6.54 Å². The molecule has 3 heterocycles. The zero-order valence-corrected chi connectivity index (χ0v) is 16.0. The van der Waals surface area contributed by atoms with Crippen LogP contribution in [0.2, 0.25) is 5.02 Å². The predicted octanol–water partition coefficient (Wildman–Crippen LogP) is 4.20. The van der Waals surface area contributed by atoms with Crippen molar-refractivity contribution in [2.75, 3.05) is 11.9 Å². The second-order valence-electron chi connectivity index (χ2n) is 5.83. The molecule has 1 aliphatic heterocycles. The first-order chi connectivity index (χ1) is 12.6. The molecule has 0 saturated heterocycles. The fourth-order valence-electron chi connectivity index (χ4n) is 2.76. The van der Waals surface area contributed by atoms with E-state index in [2.05, 4.69) is 16.5 Å². The number of anilines is 1. The normalized spacial score (nSPS) is 13.3. The van der Waals surface area contributed by atoms with E-state index in [0.29, 0.717) is 11.6 Å². The Bertz CT molecular complexity index is 981. The minimum Gasteiger partial charge on any atom is -0.368 e. The van der Waals surface area contributed by atoms with Crippen LogP contribution >= 0.6 is 34.3 Å². The van der Waals surface area contributed by atoms with Crippen LogP contribution < -0.4 is 11.1 Å². The van der Waals surface area contributed by atoms with Crippen molar-refractivity contribution in [3.63, 3.8) is 0 Å². The summed E-state index contributed by atoms with van der Waals surface area (Å²) in [5.41, 5.74) is 8.43. The topological polar surface area (TPSA) is 70.7 Å². The van der Waals surface area contributed by atoms with Crippen LogP contribution in [0.1, 0.15) is 10.4 Å². The van der Waals surface area contributed by atoms with Gasteiger partial charge in [-0.1, -0.05) is 23.7 Å². The summed E-state index contributed by atoms with van der Waals surface area (Å²) in [5, 5.41) is 14.3.